The monoisotopic (exact) mass is 345 g/mol. The molecule has 17 heavy (non-hydrogen) atoms. The molecule has 0 aliphatic carbocycles. The van der Waals surface area contributed by atoms with Crippen LogP contribution in [0.15, 0.2) is 18.2 Å². The van der Waals surface area contributed by atoms with E-state index in [-0.39, 0.29) is 5.41 Å². The van der Waals surface area contributed by atoms with Crippen LogP contribution in [0.3, 0.4) is 0 Å². The molecule has 0 radical (unpaired) electrons. The summed E-state index contributed by atoms with van der Waals surface area (Å²) in [5.74, 6) is 0. The Kier molecular flexibility index (Phi) is 5.45. The molecule has 0 heterocycles. The Balaban J connectivity index is 3.09. The zero-order valence-corrected chi connectivity index (χ0v) is 13.8. The Bertz CT molecular complexity index is 366. The van der Waals surface area contributed by atoms with E-state index in [2.05, 4.69) is 80.7 Å². The molecule has 0 aliphatic rings. The van der Waals surface area contributed by atoms with Gasteiger partial charge in [-0.25, -0.2) is 0 Å². The first-order chi connectivity index (χ1) is 7.88. The molecule has 0 amide bonds. The van der Waals surface area contributed by atoms with Gasteiger partial charge in [0.15, 0.2) is 0 Å². The van der Waals surface area contributed by atoms with Gasteiger partial charge in [0, 0.05) is 9.61 Å². The fourth-order valence-electron chi connectivity index (χ4n) is 2.06. The lowest BCUT2D eigenvalue weighted by atomic mass is 9.82. The van der Waals surface area contributed by atoms with Crippen LogP contribution >= 0.6 is 22.6 Å². The summed E-state index contributed by atoms with van der Waals surface area (Å²) >= 11 is 2.47. The highest BCUT2D eigenvalue weighted by Gasteiger charge is 2.27. The van der Waals surface area contributed by atoms with E-state index in [9.17, 15) is 0 Å². The molecule has 1 atom stereocenters. The van der Waals surface area contributed by atoms with Crippen molar-refractivity contribution in [3.8, 4) is 0 Å². The van der Waals surface area contributed by atoms with E-state index in [4.69, 9.17) is 0 Å². The third-order valence-electron chi connectivity index (χ3n) is 3.00. The fourth-order valence-corrected chi connectivity index (χ4v) is 2.74. The van der Waals surface area contributed by atoms with E-state index in [1.807, 2.05) is 0 Å². The second kappa shape index (κ2) is 6.19. The van der Waals surface area contributed by atoms with Gasteiger partial charge in [-0.1, -0.05) is 45.9 Å². The average Bonchev–Trinajstić information content (AvgIpc) is 2.22. The first kappa shape index (κ1) is 15.0. The Morgan fingerprint density at radius 3 is 2.47 bits per heavy atom. The summed E-state index contributed by atoms with van der Waals surface area (Å²) < 4.78 is 1.40. The molecule has 96 valence electrons. The average molecular weight is 345 g/mol. The molecule has 1 aromatic carbocycles. The minimum atomic E-state index is 0.239. The van der Waals surface area contributed by atoms with E-state index in [1.54, 1.807) is 0 Å². The van der Waals surface area contributed by atoms with Crippen molar-refractivity contribution in [1.82, 2.24) is 5.32 Å². The minimum Gasteiger partial charge on any atom is -0.309 e. The molecule has 0 saturated heterocycles. The maximum atomic E-state index is 3.69. The topological polar surface area (TPSA) is 12.0 Å². The van der Waals surface area contributed by atoms with Gasteiger partial charge >= 0.3 is 0 Å². The number of nitrogens with one attached hydrogen (secondary N) is 1. The van der Waals surface area contributed by atoms with Gasteiger partial charge in [0.2, 0.25) is 0 Å². The molecule has 1 rings (SSSR count). The van der Waals surface area contributed by atoms with Gasteiger partial charge in [-0.3, -0.25) is 0 Å². The summed E-state index contributed by atoms with van der Waals surface area (Å²) in [6.07, 6.45) is 1.18. The summed E-state index contributed by atoms with van der Waals surface area (Å²) in [7, 11) is 0. The highest BCUT2D eigenvalue weighted by molar-refractivity contribution is 14.1. The third kappa shape index (κ3) is 3.95. The molecule has 2 heteroatoms. The number of hydrogen-bond acceptors (Lipinski definition) is 1. The normalized spacial score (nSPS) is 13.8. The minimum absolute atomic E-state index is 0.239. The molecule has 0 fully saturated rings. The van der Waals surface area contributed by atoms with Crippen LogP contribution in [0, 0.1) is 15.9 Å². The molecule has 0 aliphatic heterocycles. The lowest BCUT2D eigenvalue weighted by Crippen LogP contribution is -2.33. The molecule has 1 aromatic rings. The number of halogens is 1. The summed E-state index contributed by atoms with van der Waals surface area (Å²) in [5, 5.41) is 3.69. The van der Waals surface area contributed by atoms with Crippen molar-refractivity contribution in [2.75, 3.05) is 6.54 Å². The maximum Gasteiger partial charge on any atom is 0.0379 e. The van der Waals surface area contributed by atoms with Gasteiger partial charge in [-0.05, 0) is 59.0 Å². The smallest absolute Gasteiger partial charge is 0.0379 e. The lowest BCUT2D eigenvalue weighted by Gasteiger charge is -2.33. The van der Waals surface area contributed by atoms with E-state index < -0.39 is 0 Å². The van der Waals surface area contributed by atoms with Crippen LogP contribution in [0.2, 0.25) is 0 Å². The van der Waals surface area contributed by atoms with Gasteiger partial charge < -0.3 is 5.32 Å². The van der Waals surface area contributed by atoms with E-state index >= 15 is 0 Å². The van der Waals surface area contributed by atoms with Gasteiger partial charge in [-0.15, -0.1) is 0 Å². The van der Waals surface area contributed by atoms with Crippen molar-refractivity contribution >= 4 is 22.6 Å². The SMILES string of the molecule is CCCNC(c1cccc(C)c1I)C(C)(C)C. The zero-order chi connectivity index (χ0) is 13.1. The Hall–Kier alpha value is -0.0900. The Morgan fingerprint density at radius 1 is 1.29 bits per heavy atom. The second-order valence-corrected chi connectivity index (χ2v) is 6.81. The van der Waals surface area contributed by atoms with Crippen LogP contribution in [0.4, 0.5) is 0 Å². The number of hydrogen-bond donors (Lipinski definition) is 1. The maximum absolute atomic E-state index is 3.69. The van der Waals surface area contributed by atoms with Crippen LogP contribution < -0.4 is 5.32 Å². The van der Waals surface area contributed by atoms with Crippen molar-refractivity contribution in [3.05, 3.63) is 32.9 Å². The summed E-state index contributed by atoms with van der Waals surface area (Å²) in [6, 6.07) is 7.03. The first-order valence-corrected chi connectivity index (χ1v) is 7.44. The molecule has 1 nitrogen and oxygen atoms in total. The molecule has 0 saturated carbocycles. The van der Waals surface area contributed by atoms with Crippen LogP contribution in [0.25, 0.3) is 0 Å². The molecule has 0 spiro atoms. The van der Waals surface area contributed by atoms with Gasteiger partial charge in [0.25, 0.3) is 0 Å². The highest BCUT2D eigenvalue weighted by Crippen LogP contribution is 2.35. The Labute approximate surface area is 120 Å². The van der Waals surface area contributed by atoms with Crippen molar-refractivity contribution in [2.45, 2.75) is 47.1 Å². The second-order valence-electron chi connectivity index (χ2n) is 5.73. The zero-order valence-electron chi connectivity index (χ0n) is 11.6. The van der Waals surface area contributed by atoms with E-state index in [0.29, 0.717) is 6.04 Å². The molecular weight excluding hydrogens is 321 g/mol. The van der Waals surface area contributed by atoms with Crippen molar-refractivity contribution in [2.24, 2.45) is 5.41 Å². The predicted molar refractivity (Wildman–Crippen MR) is 84.4 cm³/mol. The molecule has 1 unspecified atom stereocenters. The third-order valence-corrected chi connectivity index (χ3v) is 4.47. The van der Waals surface area contributed by atoms with E-state index in [1.165, 1.54) is 21.1 Å². The van der Waals surface area contributed by atoms with Gasteiger partial charge in [0.1, 0.15) is 0 Å². The van der Waals surface area contributed by atoms with Crippen LogP contribution in [0.5, 0.6) is 0 Å². The standard InChI is InChI=1S/C15H24IN/c1-6-10-17-14(15(3,4)5)12-9-7-8-11(2)13(12)16/h7-9,14,17H,6,10H2,1-5H3. The quantitative estimate of drug-likeness (QED) is 0.781. The Morgan fingerprint density at radius 2 is 1.94 bits per heavy atom. The summed E-state index contributed by atoms with van der Waals surface area (Å²) in [4.78, 5) is 0. The largest absolute Gasteiger partial charge is 0.309 e. The van der Waals surface area contributed by atoms with E-state index in [0.717, 1.165) is 6.54 Å². The molecular formula is C15H24IN. The highest BCUT2D eigenvalue weighted by atomic mass is 127. The fraction of sp³-hybridized carbons (Fsp3) is 0.600. The first-order valence-electron chi connectivity index (χ1n) is 6.36. The van der Waals surface area contributed by atoms with Gasteiger partial charge in [0.05, 0.1) is 0 Å². The lowest BCUT2D eigenvalue weighted by molar-refractivity contribution is 0.272. The van der Waals surface area contributed by atoms with Crippen LogP contribution in [-0.4, -0.2) is 6.54 Å². The van der Waals surface area contributed by atoms with Crippen LogP contribution in [-0.2, 0) is 0 Å². The summed E-state index contributed by atoms with van der Waals surface area (Å²) in [5.41, 5.74) is 3.05. The number of aryl methyl sites for hydroxylation is 1. The number of rotatable bonds is 4. The van der Waals surface area contributed by atoms with Crippen molar-refractivity contribution in [3.63, 3.8) is 0 Å². The molecule has 1 N–H and O–H groups in total. The van der Waals surface area contributed by atoms with Gasteiger partial charge in [-0.2, -0.15) is 0 Å². The van der Waals surface area contributed by atoms with Crippen LogP contribution in [0.1, 0.15) is 51.3 Å². The van der Waals surface area contributed by atoms with Crippen molar-refractivity contribution in [1.29, 1.82) is 0 Å². The predicted octanol–water partition coefficient (Wildman–Crippen LogP) is 4.69. The molecule has 0 aromatic heterocycles. The summed E-state index contributed by atoms with van der Waals surface area (Å²) in [6.45, 7) is 12.4. The molecule has 0 bridgehead atoms. The number of benzene rings is 1. The van der Waals surface area contributed by atoms with Crippen molar-refractivity contribution < 1.29 is 0 Å².